The van der Waals surface area contributed by atoms with Crippen LogP contribution in [0.1, 0.15) is 31.0 Å². The number of benzene rings is 1. The van der Waals surface area contributed by atoms with Crippen molar-refractivity contribution in [3.8, 4) is 11.5 Å². The number of nitro groups is 1. The van der Waals surface area contributed by atoms with Crippen LogP contribution < -0.4 is 15.2 Å². The van der Waals surface area contributed by atoms with Gasteiger partial charge in [-0.05, 0) is 25.3 Å². The van der Waals surface area contributed by atoms with Gasteiger partial charge in [0.25, 0.3) is 5.89 Å². The number of ether oxygens (including phenoxy) is 2. The molecule has 1 aliphatic carbocycles. The fourth-order valence-electron chi connectivity index (χ4n) is 2.34. The van der Waals surface area contributed by atoms with Crippen LogP contribution in [0, 0.1) is 10.1 Å². The van der Waals surface area contributed by atoms with Crippen molar-refractivity contribution >= 4 is 18.1 Å². The number of hydrogen-bond donors (Lipinski definition) is 1. The van der Waals surface area contributed by atoms with Crippen LogP contribution in [0.5, 0.6) is 11.5 Å². The Labute approximate surface area is 143 Å². The molecule has 24 heavy (non-hydrogen) atoms. The van der Waals surface area contributed by atoms with Crippen LogP contribution in [0.25, 0.3) is 0 Å². The molecule has 10 heteroatoms. The molecule has 9 nitrogen and oxygen atoms in total. The van der Waals surface area contributed by atoms with Crippen LogP contribution in [0.3, 0.4) is 0 Å². The van der Waals surface area contributed by atoms with E-state index in [9.17, 15) is 10.1 Å². The molecule has 2 N–H and O–H groups in total. The summed E-state index contributed by atoms with van der Waals surface area (Å²) in [5.74, 6) is 1.31. The van der Waals surface area contributed by atoms with Gasteiger partial charge in [-0.3, -0.25) is 10.1 Å². The van der Waals surface area contributed by atoms with E-state index < -0.39 is 10.5 Å². The highest BCUT2D eigenvalue weighted by molar-refractivity contribution is 5.85. The fourth-order valence-corrected chi connectivity index (χ4v) is 2.34. The Morgan fingerprint density at radius 2 is 2.21 bits per heavy atom. The van der Waals surface area contributed by atoms with E-state index in [1.807, 2.05) is 0 Å². The van der Waals surface area contributed by atoms with Gasteiger partial charge in [0.1, 0.15) is 5.75 Å². The van der Waals surface area contributed by atoms with E-state index in [1.165, 1.54) is 25.3 Å². The third kappa shape index (κ3) is 3.41. The van der Waals surface area contributed by atoms with Crippen molar-refractivity contribution in [1.29, 1.82) is 0 Å². The molecular formula is C14H17ClN4O5. The summed E-state index contributed by atoms with van der Waals surface area (Å²) in [5.41, 5.74) is 5.50. The molecule has 1 heterocycles. The normalized spacial score (nSPS) is 15.1. The summed E-state index contributed by atoms with van der Waals surface area (Å²) in [6.07, 6.45) is 2.73. The average Bonchev–Trinajstić information content (AvgIpc) is 2.99. The van der Waals surface area contributed by atoms with E-state index in [-0.39, 0.29) is 30.5 Å². The van der Waals surface area contributed by atoms with E-state index in [0.29, 0.717) is 17.5 Å². The van der Waals surface area contributed by atoms with Crippen LogP contribution in [-0.4, -0.2) is 22.2 Å². The highest BCUT2D eigenvalue weighted by Gasteiger charge is 2.39. The van der Waals surface area contributed by atoms with Crippen molar-refractivity contribution in [2.24, 2.45) is 5.73 Å². The number of hydrogen-bond acceptors (Lipinski definition) is 8. The van der Waals surface area contributed by atoms with Crippen molar-refractivity contribution in [2.45, 2.75) is 31.4 Å². The van der Waals surface area contributed by atoms with Crippen LogP contribution in [0.4, 0.5) is 5.69 Å². The van der Waals surface area contributed by atoms with Gasteiger partial charge < -0.3 is 19.7 Å². The summed E-state index contributed by atoms with van der Waals surface area (Å²) >= 11 is 0. The molecule has 0 atom stereocenters. The average molecular weight is 357 g/mol. The number of halogens is 1. The zero-order chi connectivity index (χ0) is 16.4. The van der Waals surface area contributed by atoms with Gasteiger partial charge >= 0.3 is 5.69 Å². The van der Waals surface area contributed by atoms with Crippen molar-refractivity contribution in [2.75, 3.05) is 7.11 Å². The van der Waals surface area contributed by atoms with Crippen LogP contribution in [-0.2, 0) is 12.1 Å². The molecule has 2 aromatic rings. The van der Waals surface area contributed by atoms with Gasteiger partial charge in [-0.15, -0.1) is 12.4 Å². The first kappa shape index (κ1) is 18.0. The lowest BCUT2D eigenvalue weighted by Crippen LogP contribution is -2.44. The second-order valence-electron chi connectivity index (χ2n) is 5.40. The Morgan fingerprint density at radius 3 is 2.79 bits per heavy atom. The molecule has 3 rings (SSSR count). The molecule has 0 amide bonds. The highest BCUT2D eigenvalue weighted by Crippen LogP contribution is 2.37. The van der Waals surface area contributed by atoms with Gasteiger partial charge in [0.15, 0.2) is 12.4 Å². The molecule has 1 saturated carbocycles. The quantitative estimate of drug-likeness (QED) is 0.617. The van der Waals surface area contributed by atoms with E-state index in [0.717, 1.165) is 19.3 Å². The molecule has 0 radical (unpaired) electrons. The lowest BCUT2D eigenvalue weighted by molar-refractivity contribution is -0.385. The lowest BCUT2D eigenvalue weighted by atomic mass is 9.77. The Morgan fingerprint density at radius 1 is 1.46 bits per heavy atom. The number of methoxy groups -OCH3 is 1. The third-order valence-corrected chi connectivity index (χ3v) is 3.87. The zero-order valence-corrected chi connectivity index (χ0v) is 13.7. The molecule has 0 spiro atoms. The molecule has 1 aromatic heterocycles. The second-order valence-corrected chi connectivity index (χ2v) is 5.40. The number of nitrogens with zero attached hydrogens (tertiary/aromatic N) is 3. The Hall–Kier alpha value is -2.39. The van der Waals surface area contributed by atoms with Crippen molar-refractivity contribution in [1.82, 2.24) is 10.1 Å². The van der Waals surface area contributed by atoms with E-state index in [4.69, 9.17) is 19.7 Å². The number of aromatic nitrogens is 2. The minimum absolute atomic E-state index is 0. The molecule has 130 valence electrons. The molecule has 0 aliphatic heterocycles. The van der Waals surface area contributed by atoms with Gasteiger partial charge in [0, 0.05) is 12.1 Å². The molecule has 1 aromatic carbocycles. The van der Waals surface area contributed by atoms with E-state index in [2.05, 4.69) is 10.1 Å². The number of nitrogens with two attached hydrogens (primary N) is 1. The maximum absolute atomic E-state index is 10.8. The molecule has 0 bridgehead atoms. The smallest absolute Gasteiger partial charge is 0.311 e. The summed E-state index contributed by atoms with van der Waals surface area (Å²) in [6, 6.07) is 4.23. The van der Waals surface area contributed by atoms with Crippen molar-refractivity contribution < 1.29 is 18.9 Å². The first-order chi connectivity index (χ1) is 11.0. The maximum Gasteiger partial charge on any atom is 0.311 e. The molecule has 1 aliphatic rings. The monoisotopic (exact) mass is 356 g/mol. The van der Waals surface area contributed by atoms with Gasteiger partial charge in [0.2, 0.25) is 5.75 Å². The predicted molar refractivity (Wildman–Crippen MR) is 85.2 cm³/mol. The number of nitro benzene ring substituents is 1. The summed E-state index contributed by atoms with van der Waals surface area (Å²) in [6.45, 7) is 0.0457. The standard InChI is InChI=1S/C14H16N4O5.ClH/c1-21-11-7-9(3-4-10(11)18(19)20)22-8-12-16-13(17-23-12)14(15)5-2-6-14;/h3-4,7H,2,5-6,8,15H2,1H3;1H. The fraction of sp³-hybridized carbons (Fsp3) is 0.429. The van der Waals surface area contributed by atoms with Crippen molar-refractivity contribution in [3.63, 3.8) is 0 Å². The van der Waals surface area contributed by atoms with Gasteiger partial charge in [-0.2, -0.15) is 4.98 Å². The van der Waals surface area contributed by atoms with Gasteiger partial charge in [0.05, 0.1) is 17.6 Å². The number of rotatable bonds is 6. The third-order valence-electron chi connectivity index (χ3n) is 3.87. The molecular weight excluding hydrogens is 340 g/mol. The predicted octanol–water partition coefficient (Wildman–Crippen LogP) is 2.33. The van der Waals surface area contributed by atoms with Crippen molar-refractivity contribution in [3.05, 3.63) is 40.0 Å². The highest BCUT2D eigenvalue weighted by atomic mass is 35.5. The maximum atomic E-state index is 10.8. The topological polar surface area (TPSA) is 127 Å². The van der Waals surface area contributed by atoms with E-state index in [1.54, 1.807) is 0 Å². The summed E-state index contributed by atoms with van der Waals surface area (Å²) in [5, 5.41) is 14.7. The summed E-state index contributed by atoms with van der Waals surface area (Å²) < 4.78 is 15.6. The molecule has 1 fully saturated rings. The van der Waals surface area contributed by atoms with Crippen LogP contribution in [0.15, 0.2) is 22.7 Å². The Kier molecular flexibility index (Phi) is 5.25. The molecule has 0 saturated heterocycles. The van der Waals surface area contributed by atoms with Gasteiger partial charge in [-0.25, -0.2) is 0 Å². The summed E-state index contributed by atoms with van der Waals surface area (Å²) in [7, 11) is 1.36. The lowest BCUT2D eigenvalue weighted by Gasteiger charge is -2.34. The first-order valence-electron chi connectivity index (χ1n) is 7.09. The SMILES string of the molecule is COc1cc(OCc2nc(C3(N)CCC3)no2)ccc1[N+](=O)[O-].Cl. The second kappa shape index (κ2) is 7.02. The Bertz CT molecular complexity index is 732. The minimum atomic E-state index is -0.522. The van der Waals surface area contributed by atoms with Crippen LogP contribution >= 0.6 is 12.4 Å². The Balaban J connectivity index is 0.00000208. The summed E-state index contributed by atoms with van der Waals surface area (Å²) in [4.78, 5) is 14.6. The van der Waals surface area contributed by atoms with Crippen LogP contribution in [0.2, 0.25) is 0 Å². The zero-order valence-electron chi connectivity index (χ0n) is 12.9. The van der Waals surface area contributed by atoms with E-state index >= 15 is 0 Å². The first-order valence-corrected chi connectivity index (χ1v) is 7.09. The largest absolute Gasteiger partial charge is 0.490 e. The van der Waals surface area contributed by atoms with Gasteiger partial charge in [-0.1, -0.05) is 5.16 Å². The molecule has 0 unspecified atom stereocenters. The minimum Gasteiger partial charge on any atom is -0.490 e.